The van der Waals surface area contributed by atoms with Gasteiger partial charge in [0.15, 0.2) is 0 Å². The van der Waals surface area contributed by atoms with Crippen molar-refractivity contribution in [2.75, 3.05) is 12.4 Å². The topological polar surface area (TPSA) is 84.5 Å². The number of carbonyl (C=O) groups is 3. The van der Waals surface area contributed by atoms with Gasteiger partial charge in [0.05, 0.1) is 25.1 Å². The van der Waals surface area contributed by atoms with E-state index in [9.17, 15) is 18.8 Å². The van der Waals surface area contributed by atoms with Crippen LogP contribution in [0.3, 0.4) is 0 Å². The number of carbonyl (C=O) groups excluding carboxylic acids is 3. The first kappa shape index (κ1) is 19.1. The molecule has 136 valence electrons. The van der Waals surface area contributed by atoms with Crippen LogP contribution in [0.5, 0.6) is 0 Å². The molecule has 0 fully saturated rings. The predicted molar refractivity (Wildman–Crippen MR) is 94.0 cm³/mol. The van der Waals surface area contributed by atoms with Crippen molar-refractivity contribution in [3.63, 3.8) is 0 Å². The number of hydrogen-bond acceptors (Lipinski definition) is 4. The van der Waals surface area contributed by atoms with Crippen LogP contribution in [0.15, 0.2) is 48.5 Å². The van der Waals surface area contributed by atoms with E-state index in [1.807, 2.05) is 18.2 Å². The second-order valence-corrected chi connectivity index (χ2v) is 5.60. The van der Waals surface area contributed by atoms with E-state index >= 15 is 0 Å². The maximum absolute atomic E-state index is 13.7. The Balaban J connectivity index is 2.13. The van der Waals surface area contributed by atoms with Gasteiger partial charge >= 0.3 is 5.97 Å². The van der Waals surface area contributed by atoms with Gasteiger partial charge in [0.1, 0.15) is 5.82 Å². The van der Waals surface area contributed by atoms with Gasteiger partial charge < -0.3 is 15.4 Å². The first-order chi connectivity index (χ1) is 12.4. The van der Waals surface area contributed by atoms with Crippen LogP contribution in [0.2, 0.25) is 0 Å². The van der Waals surface area contributed by atoms with Crippen molar-refractivity contribution in [2.24, 2.45) is 0 Å². The van der Waals surface area contributed by atoms with Crippen LogP contribution in [0.25, 0.3) is 0 Å². The normalized spacial score (nSPS) is 11.3. The van der Waals surface area contributed by atoms with Crippen LogP contribution in [-0.2, 0) is 14.3 Å². The summed E-state index contributed by atoms with van der Waals surface area (Å²) in [7, 11) is 1.14. The molecule has 0 spiro atoms. The number of halogens is 1. The molecule has 2 amide bonds. The summed E-state index contributed by atoms with van der Waals surface area (Å²) in [5.41, 5.74) is 0.769. The summed E-state index contributed by atoms with van der Waals surface area (Å²) in [5, 5.41) is 5.32. The van der Waals surface area contributed by atoms with E-state index in [1.54, 1.807) is 12.1 Å². The molecule has 6 nitrogen and oxygen atoms in total. The second kappa shape index (κ2) is 8.75. The molecule has 0 bridgehead atoms. The smallest absolute Gasteiger partial charge is 0.340 e. The molecule has 0 saturated carbocycles. The molecule has 26 heavy (non-hydrogen) atoms. The van der Waals surface area contributed by atoms with E-state index in [4.69, 9.17) is 0 Å². The van der Waals surface area contributed by atoms with Crippen molar-refractivity contribution < 1.29 is 23.5 Å². The molecule has 0 saturated heterocycles. The molecule has 1 atom stereocenters. The van der Waals surface area contributed by atoms with Crippen molar-refractivity contribution >= 4 is 23.5 Å². The first-order valence-electron chi connectivity index (χ1n) is 7.90. The lowest BCUT2D eigenvalue weighted by Gasteiger charge is -2.18. The molecular weight excluding hydrogens is 339 g/mol. The van der Waals surface area contributed by atoms with Crippen molar-refractivity contribution in [3.8, 4) is 0 Å². The number of hydrogen-bond donors (Lipinski definition) is 2. The summed E-state index contributed by atoms with van der Waals surface area (Å²) in [6.45, 7) is 1.37. The lowest BCUT2D eigenvalue weighted by atomic mass is 10.0. The number of methoxy groups -OCH3 is 1. The van der Waals surface area contributed by atoms with E-state index in [1.165, 1.54) is 19.1 Å². The van der Waals surface area contributed by atoms with Crippen molar-refractivity contribution in [3.05, 3.63) is 65.5 Å². The van der Waals surface area contributed by atoms with Crippen LogP contribution in [0, 0.1) is 5.82 Å². The Morgan fingerprint density at radius 1 is 1.12 bits per heavy atom. The van der Waals surface area contributed by atoms with Gasteiger partial charge in [-0.15, -0.1) is 0 Å². The monoisotopic (exact) mass is 358 g/mol. The Morgan fingerprint density at radius 2 is 1.81 bits per heavy atom. The van der Waals surface area contributed by atoms with E-state index in [2.05, 4.69) is 15.4 Å². The maximum atomic E-state index is 13.7. The molecule has 0 aromatic heterocycles. The molecule has 0 aliphatic heterocycles. The molecule has 2 aromatic rings. The fraction of sp³-hybridized carbons (Fsp3) is 0.211. The minimum Gasteiger partial charge on any atom is -0.465 e. The molecule has 0 radical (unpaired) electrons. The largest absolute Gasteiger partial charge is 0.465 e. The third-order valence-corrected chi connectivity index (χ3v) is 3.62. The highest BCUT2D eigenvalue weighted by Crippen LogP contribution is 2.19. The highest BCUT2D eigenvalue weighted by molar-refractivity contribution is 5.95. The zero-order valence-electron chi connectivity index (χ0n) is 14.4. The van der Waals surface area contributed by atoms with Gasteiger partial charge in [0, 0.05) is 12.6 Å². The molecule has 2 N–H and O–H groups in total. The molecule has 0 aliphatic carbocycles. The van der Waals surface area contributed by atoms with E-state index in [0.717, 1.165) is 18.7 Å². The molecule has 2 aromatic carbocycles. The predicted octanol–water partition coefficient (Wildman–Crippen LogP) is 2.82. The van der Waals surface area contributed by atoms with E-state index in [0.29, 0.717) is 0 Å². The Kier molecular flexibility index (Phi) is 6.43. The highest BCUT2D eigenvalue weighted by atomic mass is 19.1. The van der Waals surface area contributed by atoms with E-state index in [-0.39, 0.29) is 23.6 Å². The molecular formula is C19H19FN2O4. The lowest BCUT2D eigenvalue weighted by Crippen LogP contribution is -2.29. The average molecular weight is 358 g/mol. The molecule has 0 aliphatic rings. The SMILES string of the molecule is COC(=O)c1cc(NC(=O)CC(NC(C)=O)c2ccccc2)ccc1F. The Bertz CT molecular complexity index is 808. The summed E-state index contributed by atoms with van der Waals surface area (Å²) in [6, 6.07) is 12.2. The number of rotatable bonds is 6. The minimum absolute atomic E-state index is 0.0193. The van der Waals surface area contributed by atoms with Crippen LogP contribution in [-0.4, -0.2) is 24.9 Å². The Morgan fingerprint density at radius 3 is 2.42 bits per heavy atom. The molecule has 0 heterocycles. The number of nitrogens with one attached hydrogen (secondary N) is 2. The number of esters is 1. The van der Waals surface area contributed by atoms with Gasteiger partial charge in [-0.2, -0.15) is 0 Å². The van der Waals surface area contributed by atoms with Gasteiger partial charge in [-0.1, -0.05) is 30.3 Å². The third kappa shape index (κ3) is 5.14. The molecule has 2 rings (SSSR count). The second-order valence-electron chi connectivity index (χ2n) is 5.60. The molecule has 1 unspecified atom stereocenters. The fourth-order valence-electron chi connectivity index (χ4n) is 2.45. The van der Waals surface area contributed by atoms with Gasteiger partial charge in [-0.3, -0.25) is 9.59 Å². The summed E-state index contributed by atoms with van der Waals surface area (Å²) >= 11 is 0. The van der Waals surface area contributed by atoms with Gasteiger partial charge in [-0.25, -0.2) is 9.18 Å². The number of benzene rings is 2. The minimum atomic E-state index is -0.834. The lowest BCUT2D eigenvalue weighted by molar-refractivity contribution is -0.120. The Hall–Kier alpha value is -3.22. The summed E-state index contributed by atoms with van der Waals surface area (Å²) in [6.07, 6.45) is -0.0193. The van der Waals surface area contributed by atoms with Crippen molar-refractivity contribution in [1.82, 2.24) is 5.32 Å². The summed E-state index contributed by atoms with van der Waals surface area (Å²) in [5.74, 6) is -2.23. The fourth-order valence-corrected chi connectivity index (χ4v) is 2.45. The number of anilines is 1. The van der Waals surface area contributed by atoms with Gasteiger partial charge in [0.25, 0.3) is 0 Å². The maximum Gasteiger partial charge on any atom is 0.340 e. The Labute approximate surface area is 150 Å². The highest BCUT2D eigenvalue weighted by Gasteiger charge is 2.18. The standard InChI is InChI=1S/C19H19FN2O4/c1-12(23)21-17(13-6-4-3-5-7-13)11-18(24)22-14-8-9-16(20)15(10-14)19(25)26-2/h3-10,17H,11H2,1-2H3,(H,21,23)(H,22,24). The zero-order chi connectivity index (χ0) is 19.1. The van der Waals surface area contributed by atoms with Crippen LogP contribution < -0.4 is 10.6 Å². The van der Waals surface area contributed by atoms with E-state index < -0.39 is 23.7 Å². The van der Waals surface area contributed by atoms with Crippen molar-refractivity contribution in [2.45, 2.75) is 19.4 Å². The van der Waals surface area contributed by atoms with Gasteiger partial charge in [-0.05, 0) is 23.8 Å². The number of amides is 2. The zero-order valence-corrected chi connectivity index (χ0v) is 14.4. The first-order valence-corrected chi connectivity index (χ1v) is 7.90. The van der Waals surface area contributed by atoms with Crippen LogP contribution in [0.1, 0.15) is 35.3 Å². The van der Waals surface area contributed by atoms with Crippen LogP contribution in [0.4, 0.5) is 10.1 Å². The van der Waals surface area contributed by atoms with Crippen LogP contribution >= 0.6 is 0 Å². The summed E-state index contributed by atoms with van der Waals surface area (Å²) < 4.78 is 18.2. The molecule has 7 heteroatoms. The summed E-state index contributed by atoms with van der Waals surface area (Å²) in [4.78, 5) is 35.3. The van der Waals surface area contributed by atoms with Crippen molar-refractivity contribution in [1.29, 1.82) is 0 Å². The average Bonchev–Trinajstić information content (AvgIpc) is 2.62. The third-order valence-electron chi connectivity index (χ3n) is 3.62. The quantitative estimate of drug-likeness (QED) is 0.778. The van der Waals surface area contributed by atoms with Gasteiger partial charge in [0.2, 0.25) is 11.8 Å². The number of ether oxygens (including phenoxy) is 1.